The topological polar surface area (TPSA) is 54.3 Å². The van der Waals surface area contributed by atoms with Crippen LogP contribution in [0.3, 0.4) is 0 Å². The van der Waals surface area contributed by atoms with Gasteiger partial charge in [0.05, 0.1) is 15.9 Å². The average molecular weight is 434 g/mol. The summed E-state index contributed by atoms with van der Waals surface area (Å²) in [4.78, 5) is 22.2. The van der Waals surface area contributed by atoms with Gasteiger partial charge in [0.2, 0.25) is 0 Å². The number of thiazole rings is 1. The number of likely N-dealkylation sites (N-methyl/N-ethyl adjacent to an activating group) is 1. The Hall–Kier alpha value is -1.96. The standard InChI is InChI=1S/C21H28ClN5OS/c1-6-25(7-2)10-11-26(19(28)13-27-15(4)12-14(3)24-27)21-23-20-16(5)17(22)8-9-18(20)29-21/h8-9,12H,6-7,10-11,13H2,1-5H3. The number of hydrogen-bond acceptors (Lipinski definition) is 5. The van der Waals surface area contributed by atoms with Crippen molar-refractivity contribution in [2.24, 2.45) is 0 Å². The molecule has 0 radical (unpaired) electrons. The third kappa shape index (κ3) is 4.79. The van der Waals surface area contributed by atoms with Crippen LogP contribution in [0.15, 0.2) is 18.2 Å². The van der Waals surface area contributed by atoms with Crippen molar-refractivity contribution < 1.29 is 4.79 Å². The summed E-state index contributed by atoms with van der Waals surface area (Å²) in [5, 5.41) is 5.85. The molecule has 0 atom stereocenters. The molecule has 8 heteroatoms. The molecule has 3 aromatic rings. The van der Waals surface area contributed by atoms with E-state index in [2.05, 4.69) is 23.8 Å². The number of benzene rings is 1. The molecule has 1 aromatic carbocycles. The summed E-state index contributed by atoms with van der Waals surface area (Å²) in [6.45, 7) is 13.6. The van der Waals surface area contributed by atoms with Crippen LogP contribution < -0.4 is 4.90 Å². The lowest BCUT2D eigenvalue weighted by Gasteiger charge is -2.24. The highest BCUT2D eigenvalue weighted by molar-refractivity contribution is 7.22. The molecule has 0 unspecified atom stereocenters. The zero-order valence-corrected chi connectivity index (χ0v) is 19.3. The normalized spacial score (nSPS) is 11.6. The first kappa shape index (κ1) is 21.7. The first-order chi connectivity index (χ1) is 13.8. The lowest BCUT2D eigenvalue weighted by atomic mass is 10.2. The smallest absolute Gasteiger partial charge is 0.250 e. The number of nitrogens with zero attached hydrogens (tertiary/aromatic N) is 5. The van der Waals surface area contributed by atoms with Crippen molar-refractivity contribution in [1.29, 1.82) is 0 Å². The number of fused-ring (bicyclic) bond motifs is 1. The Labute approximate surface area is 181 Å². The number of carbonyl (C=O) groups is 1. The summed E-state index contributed by atoms with van der Waals surface area (Å²) in [5.41, 5.74) is 3.70. The second kappa shape index (κ2) is 9.24. The molecule has 0 N–H and O–H groups in total. The van der Waals surface area contributed by atoms with Crippen LogP contribution in [0.2, 0.25) is 5.02 Å². The summed E-state index contributed by atoms with van der Waals surface area (Å²) >= 11 is 7.80. The summed E-state index contributed by atoms with van der Waals surface area (Å²) < 4.78 is 2.80. The minimum absolute atomic E-state index is 0.00818. The molecule has 0 bridgehead atoms. The van der Waals surface area contributed by atoms with E-state index in [4.69, 9.17) is 16.6 Å². The van der Waals surface area contributed by atoms with E-state index in [0.717, 1.165) is 46.8 Å². The van der Waals surface area contributed by atoms with Gasteiger partial charge in [0.15, 0.2) is 5.13 Å². The molecule has 0 spiro atoms. The quantitative estimate of drug-likeness (QED) is 0.526. The number of hydrogen-bond donors (Lipinski definition) is 0. The van der Waals surface area contributed by atoms with E-state index in [1.165, 1.54) is 11.3 Å². The van der Waals surface area contributed by atoms with Crippen LogP contribution >= 0.6 is 22.9 Å². The highest BCUT2D eigenvalue weighted by Gasteiger charge is 2.22. The van der Waals surface area contributed by atoms with E-state index in [1.807, 2.05) is 39.0 Å². The molecule has 2 aromatic heterocycles. The Morgan fingerprint density at radius 2 is 1.90 bits per heavy atom. The number of aromatic nitrogens is 3. The monoisotopic (exact) mass is 433 g/mol. The fourth-order valence-corrected chi connectivity index (χ4v) is 4.58. The molecule has 0 aliphatic heterocycles. The van der Waals surface area contributed by atoms with Crippen molar-refractivity contribution in [1.82, 2.24) is 19.7 Å². The molecule has 3 rings (SSSR count). The molecule has 0 saturated carbocycles. The molecule has 6 nitrogen and oxygen atoms in total. The molecular formula is C21H28ClN5OS. The van der Waals surface area contributed by atoms with Gasteiger partial charge in [0, 0.05) is 23.8 Å². The number of halogens is 1. The highest BCUT2D eigenvalue weighted by Crippen LogP contribution is 2.33. The lowest BCUT2D eigenvalue weighted by Crippen LogP contribution is -2.40. The van der Waals surface area contributed by atoms with Crippen molar-refractivity contribution in [3.63, 3.8) is 0 Å². The van der Waals surface area contributed by atoms with Gasteiger partial charge in [-0.1, -0.05) is 36.8 Å². The maximum Gasteiger partial charge on any atom is 0.250 e. The first-order valence-corrected chi connectivity index (χ1v) is 11.1. The predicted octanol–water partition coefficient (Wildman–Crippen LogP) is 4.45. The number of anilines is 1. The number of carbonyl (C=O) groups excluding carboxylic acids is 1. The summed E-state index contributed by atoms with van der Waals surface area (Å²) in [7, 11) is 0. The van der Waals surface area contributed by atoms with E-state index in [-0.39, 0.29) is 12.5 Å². The van der Waals surface area contributed by atoms with Crippen LogP contribution in [-0.4, -0.2) is 51.8 Å². The van der Waals surface area contributed by atoms with Crippen LogP contribution in [-0.2, 0) is 11.3 Å². The number of aryl methyl sites for hydroxylation is 3. The van der Waals surface area contributed by atoms with Gasteiger partial charge >= 0.3 is 0 Å². The van der Waals surface area contributed by atoms with Gasteiger partial charge in [-0.15, -0.1) is 0 Å². The molecule has 0 saturated heterocycles. The van der Waals surface area contributed by atoms with Gasteiger partial charge in [0.25, 0.3) is 5.91 Å². The third-order valence-electron chi connectivity index (χ3n) is 5.19. The van der Waals surface area contributed by atoms with E-state index < -0.39 is 0 Å². The zero-order chi connectivity index (χ0) is 21.1. The van der Waals surface area contributed by atoms with Crippen molar-refractivity contribution >= 4 is 44.2 Å². The third-order valence-corrected chi connectivity index (χ3v) is 6.64. The minimum atomic E-state index is -0.00818. The molecule has 2 heterocycles. The highest BCUT2D eigenvalue weighted by atomic mass is 35.5. The van der Waals surface area contributed by atoms with Gasteiger partial charge in [0.1, 0.15) is 6.54 Å². The molecule has 0 aliphatic carbocycles. The Balaban J connectivity index is 1.92. The number of rotatable bonds is 8. The Morgan fingerprint density at radius 1 is 1.17 bits per heavy atom. The Bertz CT molecular complexity index is 1010. The van der Waals surface area contributed by atoms with Gasteiger partial charge in [-0.2, -0.15) is 5.10 Å². The summed E-state index contributed by atoms with van der Waals surface area (Å²) in [5.74, 6) is -0.00818. The molecule has 0 fully saturated rings. The molecular weight excluding hydrogens is 406 g/mol. The van der Waals surface area contributed by atoms with Gasteiger partial charge in [-0.05, 0) is 57.6 Å². The lowest BCUT2D eigenvalue weighted by molar-refractivity contribution is -0.119. The summed E-state index contributed by atoms with van der Waals surface area (Å²) in [6, 6.07) is 5.84. The first-order valence-electron chi connectivity index (χ1n) is 9.93. The minimum Gasteiger partial charge on any atom is -0.302 e. The molecule has 156 valence electrons. The Morgan fingerprint density at radius 3 is 2.52 bits per heavy atom. The van der Waals surface area contributed by atoms with Gasteiger partial charge < -0.3 is 4.90 Å². The van der Waals surface area contributed by atoms with Crippen molar-refractivity contribution in [3.05, 3.63) is 40.2 Å². The maximum absolute atomic E-state index is 13.3. The fourth-order valence-electron chi connectivity index (χ4n) is 3.36. The van der Waals surface area contributed by atoms with E-state index in [0.29, 0.717) is 16.7 Å². The second-order valence-electron chi connectivity index (χ2n) is 7.17. The zero-order valence-electron chi connectivity index (χ0n) is 17.7. The molecule has 29 heavy (non-hydrogen) atoms. The van der Waals surface area contributed by atoms with Crippen molar-refractivity contribution in [2.75, 3.05) is 31.1 Å². The van der Waals surface area contributed by atoms with Gasteiger partial charge in [-0.25, -0.2) is 4.98 Å². The van der Waals surface area contributed by atoms with Crippen molar-refractivity contribution in [2.45, 2.75) is 41.2 Å². The van der Waals surface area contributed by atoms with Gasteiger partial charge in [-0.3, -0.25) is 14.4 Å². The largest absolute Gasteiger partial charge is 0.302 e. The average Bonchev–Trinajstić information content (AvgIpc) is 3.25. The van der Waals surface area contributed by atoms with E-state index in [1.54, 1.807) is 9.58 Å². The van der Waals surface area contributed by atoms with E-state index in [9.17, 15) is 4.79 Å². The van der Waals surface area contributed by atoms with Crippen LogP contribution in [0.5, 0.6) is 0 Å². The second-order valence-corrected chi connectivity index (χ2v) is 8.59. The molecule has 1 amide bonds. The van der Waals surface area contributed by atoms with Crippen molar-refractivity contribution in [3.8, 4) is 0 Å². The predicted molar refractivity (Wildman–Crippen MR) is 121 cm³/mol. The van der Waals surface area contributed by atoms with Crippen LogP contribution in [0, 0.1) is 20.8 Å². The maximum atomic E-state index is 13.3. The summed E-state index contributed by atoms with van der Waals surface area (Å²) in [6.07, 6.45) is 0. The molecule has 0 aliphatic rings. The SMILES string of the molecule is CCN(CC)CCN(C(=O)Cn1nc(C)cc1C)c1nc2c(C)c(Cl)ccc2s1. The van der Waals surface area contributed by atoms with Crippen LogP contribution in [0.25, 0.3) is 10.2 Å². The fraction of sp³-hybridized carbons (Fsp3) is 0.476. The number of amides is 1. The van der Waals surface area contributed by atoms with Crippen LogP contribution in [0.1, 0.15) is 30.8 Å². The Kier molecular flexibility index (Phi) is 6.93. The van der Waals surface area contributed by atoms with E-state index >= 15 is 0 Å². The van der Waals surface area contributed by atoms with Crippen LogP contribution in [0.4, 0.5) is 5.13 Å².